The highest BCUT2D eigenvalue weighted by Crippen LogP contribution is 2.40. The first-order chi connectivity index (χ1) is 9.01. The van der Waals surface area contributed by atoms with E-state index in [0.717, 1.165) is 23.2 Å². The number of hydrogen-bond donors (Lipinski definition) is 1. The van der Waals surface area contributed by atoms with Crippen LogP contribution in [0.3, 0.4) is 0 Å². The molecule has 3 heteroatoms. The monoisotopic (exact) mass is 261 g/mol. The highest BCUT2D eigenvalue weighted by molar-refractivity contribution is 5.24. The molecule has 1 saturated carbocycles. The summed E-state index contributed by atoms with van der Waals surface area (Å²) in [6.07, 6.45) is 4.01. The Labute approximate surface area is 117 Å². The summed E-state index contributed by atoms with van der Waals surface area (Å²) in [6, 6.07) is 2.62. The maximum absolute atomic E-state index is 4.29. The highest BCUT2D eigenvalue weighted by Gasteiger charge is 2.31. The zero-order chi connectivity index (χ0) is 14.0. The largest absolute Gasteiger partial charge is 0.313 e. The lowest BCUT2D eigenvalue weighted by molar-refractivity contribution is 0.180. The fourth-order valence-electron chi connectivity index (χ4n) is 3.81. The Morgan fingerprint density at radius 1 is 1.11 bits per heavy atom. The molecule has 1 fully saturated rings. The summed E-state index contributed by atoms with van der Waals surface area (Å²) >= 11 is 0. The van der Waals surface area contributed by atoms with Gasteiger partial charge in [-0.05, 0) is 69.5 Å². The topological polar surface area (TPSA) is 37.8 Å². The van der Waals surface area contributed by atoms with Crippen LogP contribution in [-0.4, -0.2) is 17.2 Å². The molecule has 0 saturated heterocycles. The van der Waals surface area contributed by atoms with Gasteiger partial charge in [-0.25, -0.2) is 0 Å². The summed E-state index contributed by atoms with van der Waals surface area (Å²) in [6.45, 7) is 8.87. The first-order valence-corrected chi connectivity index (χ1v) is 7.49. The Balaban J connectivity index is 2.26. The minimum Gasteiger partial charge on any atom is -0.313 e. The van der Waals surface area contributed by atoms with Gasteiger partial charge in [-0.15, -0.1) is 0 Å². The van der Waals surface area contributed by atoms with Crippen LogP contribution < -0.4 is 5.32 Å². The van der Waals surface area contributed by atoms with Gasteiger partial charge in [0.1, 0.15) is 0 Å². The second-order valence-electron chi connectivity index (χ2n) is 6.47. The van der Waals surface area contributed by atoms with Crippen molar-refractivity contribution < 1.29 is 0 Å². The quantitative estimate of drug-likeness (QED) is 0.906. The summed E-state index contributed by atoms with van der Waals surface area (Å²) in [4.78, 5) is 0. The second kappa shape index (κ2) is 6.00. The van der Waals surface area contributed by atoms with Crippen molar-refractivity contribution in [3.8, 4) is 0 Å². The molecule has 0 bridgehead atoms. The standard InChI is InChI=1S/C16H27N3/c1-10-6-11(2)8-14(7-10)16(17-5)15-9-12(3)18-19-13(15)4/h9-11,14,16-17H,6-8H2,1-5H3. The maximum atomic E-state index is 4.29. The zero-order valence-electron chi connectivity index (χ0n) is 12.9. The van der Waals surface area contributed by atoms with Gasteiger partial charge in [0.2, 0.25) is 0 Å². The molecular formula is C16H27N3. The molecule has 3 unspecified atom stereocenters. The van der Waals surface area contributed by atoms with Gasteiger partial charge in [-0.3, -0.25) is 0 Å². The molecule has 0 radical (unpaired) electrons. The van der Waals surface area contributed by atoms with Gasteiger partial charge in [0.05, 0.1) is 11.4 Å². The van der Waals surface area contributed by atoms with E-state index >= 15 is 0 Å². The summed E-state index contributed by atoms with van der Waals surface area (Å²) in [5, 5.41) is 12.0. The van der Waals surface area contributed by atoms with Crippen molar-refractivity contribution in [3.63, 3.8) is 0 Å². The second-order valence-corrected chi connectivity index (χ2v) is 6.47. The average Bonchev–Trinajstić information content (AvgIpc) is 2.33. The molecule has 1 aliphatic carbocycles. The molecule has 0 spiro atoms. The number of aryl methyl sites for hydroxylation is 2. The number of nitrogens with zero attached hydrogens (tertiary/aromatic N) is 2. The van der Waals surface area contributed by atoms with Gasteiger partial charge in [0.25, 0.3) is 0 Å². The molecular weight excluding hydrogens is 234 g/mol. The van der Waals surface area contributed by atoms with E-state index in [-0.39, 0.29) is 0 Å². The molecule has 1 heterocycles. The Morgan fingerprint density at radius 3 is 2.32 bits per heavy atom. The van der Waals surface area contributed by atoms with Gasteiger partial charge in [-0.2, -0.15) is 10.2 Å². The zero-order valence-corrected chi connectivity index (χ0v) is 12.9. The van der Waals surface area contributed by atoms with E-state index in [9.17, 15) is 0 Å². The molecule has 2 rings (SSSR count). The highest BCUT2D eigenvalue weighted by atomic mass is 15.1. The van der Waals surface area contributed by atoms with Crippen molar-refractivity contribution >= 4 is 0 Å². The number of nitrogens with one attached hydrogen (secondary N) is 1. The van der Waals surface area contributed by atoms with Gasteiger partial charge in [0.15, 0.2) is 0 Å². The minimum atomic E-state index is 0.416. The van der Waals surface area contributed by atoms with E-state index in [1.165, 1.54) is 24.8 Å². The predicted molar refractivity (Wildman–Crippen MR) is 79.0 cm³/mol. The van der Waals surface area contributed by atoms with E-state index < -0.39 is 0 Å². The van der Waals surface area contributed by atoms with Crippen LogP contribution in [0.5, 0.6) is 0 Å². The molecule has 3 atom stereocenters. The predicted octanol–water partition coefficient (Wildman–Crippen LogP) is 3.43. The van der Waals surface area contributed by atoms with E-state index in [4.69, 9.17) is 0 Å². The molecule has 0 aliphatic heterocycles. The molecule has 19 heavy (non-hydrogen) atoms. The SMILES string of the molecule is CNC(c1cc(C)nnc1C)C1CC(C)CC(C)C1. The van der Waals surface area contributed by atoms with E-state index in [1.807, 2.05) is 6.92 Å². The summed E-state index contributed by atoms with van der Waals surface area (Å²) in [7, 11) is 2.07. The van der Waals surface area contributed by atoms with Gasteiger partial charge >= 0.3 is 0 Å². The lowest BCUT2D eigenvalue weighted by Gasteiger charge is -2.37. The van der Waals surface area contributed by atoms with Crippen molar-refractivity contribution in [1.29, 1.82) is 0 Å². The summed E-state index contributed by atoms with van der Waals surface area (Å²) < 4.78 is 0. The van der Waals surface area contributed by atoms with Crippen molar-refractivity contribution in [2.45, 2.75) is 53.0 Å². The molecule has 0 amide bonds. The third kappa shape index (κ3) is 3.33. The van der Waals surface area contributed by atoms with E-state index in [2.05, 4.69) is 49.4 Å². The van der Waals surface area contributed by atoms with Crippen molar-refractivity contribution in [2.75, 3.05) is 7.05 Å². The lowest BCUT2D eigenvalue weighted by Crippen LogP contribution is -2.32. The molecule has 1 aromatic heterocycles. The van der Waals surface area contributed by atoms with Crippen LogP contribution in [0.25, 0.3) is 0 Å². The minimum absolute atomic E-state index is 0.416. The lowest BCUT2D eigenvalue weighted by atomic mass is 9.72. The van der Waals surface area contributed by atoms with Crippen molar-refractivity contribution in [3.05, 3.63) is 23.0 Å². The third-order valence-electron chi connectivity index (χ3n) is 4.47. The smallest absolute Gasteiger partial charge is 0.0648 e. The fraction of sp³-hybridized carbons (Fsp3) is 0.750. The van der Waals surface area contributed by atoms with E-state index in [1.54, 1.807) is 0 Å². The van der Waals surface area contributed by atoms with Crippen molar-refractivity contribution in [2.24, 2.45) is 17.8 Å². The average molecular weight is 261 g/mol. The molecule has 106 valence electrons. The summed E-state index contributed by atoms with van der Waals surface area (Å²) in [5.41, 5.74) is 3.41. The number of hydrogen-bond acceptors (Lipinski definition) is 3. The number of rotatable bonds is 3. The molecule has 0 aromatic carbocycles. The van der Waals surface area contributed by atoms with E-state index in [0.29, 0.717) is 12.0 Å². The van der Waals surface area contributed by atoms with Crippen LogP contribution in [0.2, 0.25) is 0 Å². The van der Waals surface area contributed by atoms with Crippen LogP contribution in [0, 0.1) is 31.6 Å². The maximum Gasteiger partial charge on any atom is 0.0648 e. The van der Waals surface area contributed by atoms with Gasteiger partial charge < -0.3 is 5.32 Å². The Hall–Kier alpha value is -0.960. The molecule has 1 N–H and O–H groups in total. The molecule has 1 aromatic rings. The van der Waals surface area contributed by atoms with Crippen LogP contribution in [0.1, 0.15) is 56.1 Å². The normalized spacial score (nSPS) is 29.2. The van der Waals surface area contributed by atoms with Crippen LogP contribution in [0.4, 0.5) is 0 Å². The molecule has 3 nitrogen and oxygen atoms in total. The Bertz CT molecular complexity index is 420. The first-order valence-electron chi connectivity index (χ1n) is 7.49. The van der Waals surface area contributed by atoms with Gasteiger partial charge in [-0.1, -0.05) is 13.8 Å². The summed E-state index contributed by atoms with van der Waals surface area (Å²) in [5.74, 6) is 2.38. The van der Waals surface area contributed by atoms with Crippen LogP contribution in [-0.2, 0) is 0 Å². The van der Waals surface area contributed by atoms with Crippen LogP contribution in [0.15, 0.2) is 6.07 Å². The third-order valence-corrected chi connectivity index (χ3v) is 4.47. The Kier molecular flexibility index (Phi) is 4.56. The van der Waals surface area contributed by atoms with Crippen LogP contribution >= 0.6 is 0 Å². The number of aromatic nitrogens is 2. The van der Waals surface area contributed by atoms with Gasteiger partial charge in [0, 0.05) is 6.04 Å². The fourth-order valence-corrected chi connectivity index (χ4v) is 3.81. The molecule has 1 aliphatic rings. The van der Waals surface area contributed by atoms with Crippen molar-refractivity contribution in [1.82, 2.24) is 15.5 Å². The Morgan fingerprint density at radius 2 is 1.74 bits per heavy atom. The first kappa shape index (κ1) is 14.4.